The number of methoxy groups -OCH3 is 1. The van der Waals surface area contributed by atoms with Gasteiger partial charge in [0.05, 0.1) is 25.9 Å². The summed E-state index contributed by atoms with van der Waals surface area (Å²) >= 11 is 3.49. The predicted octanol–water partition coefficient (Wildman–Crippen LogP) is 5.13. The molecule has 0 aromatic heterocycles. The predicted molar refractivity (Wildman–Crippen MR) is 112 cm³/mol. The molecule has 0 bridgehead atoms. The fraction of sp³-hybridized carbons (Fsp3) is 0.600. The Morgan fingerprint density at radius 1 is 1.35 bits per heavy atom. The molecule has 1 aromatic carbocycles. The summed E-state index contributed by atoms with van der Waals surface area (Å²) < 4.78 is 17.5. The summed E-state index contributed by atoms with van der Waals surface area (Å²) in [6, 6.07) is 1.06. The molecule has 146 valence electrons. The lowest BCUT2D eigenvalue weighted by Gasteiger charge is -2.23. The molecule has 0 saturated heterocycles. The molecule has 1 aromatic rings. The maximum absolute atomic E-state index is 10.4. The first-order chi connectivity index (χ1) is 12.2. The average molecular weight is 443 g/mol. The monoisotopic (exact) mass is 442 g/mol. The van der Waals surface area contributed by atoms with Crippen molar-refractivity contribution in [2.45, 2.75) is 58.9 Å². The van der Waals surface area contributed by atoms with Crippen LogP contribution < -0.4 is 9.47 Å². The van der Waals surface area contributed by atoms with Crippen molar-refractivity contribution in [3.63, 3.8) is 0 Å². The van der Waals surface area contributed by atoms with E-state index >= 15 is 0 Å². The summed E-state index contributed by atoms with van der Waals surface area (Å²) in [5, 5.41) is 11.2. The van der Waals surface area contributed by atoms with Gasteiger partial charge in [-0.3, -0.25) is 0 Å². The highest BCUT2D eigenvalue weighted by atomic mass is 79.9. The van der Waals surface area contributed by atoms with Gasteiger partial charge in [0.15, 0.2) is 6.29 Å². The third-order valence-corrected chi connectivity index (χ3v) is 7.30. The summed E-state index contributed by atoms with van der Waals surface area (Å²) in [6.07, 6.45) is 1.94. The lowest BCUT2D eigenvalue weighted by atomic mass is 9.94. The molecule has 2 rings (SSSR count). The number of ether oxygens (including phenoxy) is 3. The third kappa shape index (κ3) is 4.91. The van der Waals surface area contributed by atoms with Crippen LogP contribution in [0, 0.1) is 6.92 Å². The molecule has 26 heavy (non-hydrogen) atoms. The Morgan fingerprint density at radius 3 is 2.62 bits per heavy atom. The Morgan fingerprint density at radius 2 is 2.04 bits per heavy atom. The van der Waals surface area contributed by atoms with E-state index in [9.17, 15) is 5.11 Å². The van der Waals surface area contributed by atoms with Gasteiger partial charge in [-0.05, 0) is 37.4 Å². The number of fused-ring (bicyclic) bond motifs is 1. The van der Waals surface area contributed by atoms with Gasteiger partial charge in [-0.15, -0.1) is 0 Å². The molecule has 1 unspecified atom stereocenters. The van der Waals surface area contributed by atoms with Gasteiger partial charge < -0.3 is 19.3 Å². The number of hydrogen-bond donors (Lipinski definition) is 1. The zero-order valence-corrected chi connectivity index (χ0v) is 19.3. The Kier molecular flexibility index (Phi) is 7.36. The molecule has 0 fully saturated rings. The van der Waals surface area contributed by atoms with Crippen LogP contribution in [0.5, 0.6) is 11.5 Å². The maximum atomic E-state index is 10.4. The minimum Gasteiger partial charge on any atom is -0.496 e. The minimum atomic E-state index is -1.21. The Balaban J connectivity index is 2.51. The first-order valence-electron chi connectivity index (χ1n) is 9.05. The number of alkyl halides is 1. The number of rotatable bonds is 8. The van der Waals surface area contributed by atoms with Gasteiger partial charge >= 0.3 is 0 Å². The minimum absolute atomic E-state index is 0.389. The fourth-order valence-corrected chi connectivity index (χ4v) is 4.02. The van der Waals surface area contributed by atoms with Crippen molar-refractivity contribution in [3.05, 3.63) is 33.9 Å². The van der Waals surface area contributed by atoms with Crippen molar-refractivity contribution in [1.29, 1.82) is 0 Å². The lowest BCUT2D eigenvalue weighted by molar-refractivity contribution is -0.0927. The van der Waals surface area contributed by atoms with E-state index in [-0.39, 0.29) is 0 Å². The zero-order valence-electron chi connectivity index (χ0n) is 16.7. The molecule has 0 saturated carbocycles. The van der Waals surface area contributed by atoms with Crippen molar-refractivity contribution in [1.82, 2.24) is 0 Å². The first-order valence-corrected chi connectivity index (χ1v) is 13.9. The van der Waals surface area contributed by atoms with Crippen molar-refractivity contribution in [2.75, 3.05) is 19.0 Å². The molecule has 0 spiro atoms. The smallest absolute Gasteiger partial charge is 0.185 e. The normalized spacial score (nSPS) is 17.4. The Bertz CT molecular complexity index is 680. The van der Waals surface area contributed by atoms with Crippen LogP contribution >= 0.6 is 15.9 Å². The van der Waals surface area contributed by atoms with Crippen LogP contribution in [0.4, 0.5) is 0 Å². The number of aliphatic hydroxyl groups is 1. The van der Waals surface area contributed by atoms with Gasteiger partial charge in [-0.2, -0.15) is 0 Å². The molecule has 0 radical (unpaired) electrons. The number of hydrogen-bond acceptors (Lipinski definition) is 4. The first kappa shape index (κ1) is 21.5. The summed E-state index contributed by atoms with van der Waals surface area (Å²) in [7, 11) is 0.478. The average Bonchev–Trinajstić information content (AvgIpc) is 2.96. The standard InChI is InChI=1S/C20H31BrO4Si/c1-13(11-21)7-8-15-18(23-3)14(2)16-12-25-20(22)17(16)19(15)24-9-10-26(4,5)6/h7,20,22H,8-12H2,1-6H3/b13-7+. The highest BCUT2D eigenvalue weighted by Gasteiger charge is 2.32. The lowest BCUT2D eigenvalue weighted by Crippen LogP contribution is -2.23. The summed E-state index contributed by atoms with van der Waals surface area (Å²) in [4.78, 5) is 0. The molecule has 0 aliphatic carbocycles. The fourth-order valence-electron chi connectivity index (χ4n) is 3.08. The quantitative estimate of drug-likeness (QED) is 0.344. The van der Waals surface area contributed by atoms with Crippen molar-refractivity contribution >= 4 is 24.0 Å². The number of benzene rings is 1. The number of halogens is 1. The maximum Gasteiger partial charge on any atom is 0.185 e. The summed E-state index contributed by atoms with van der Waals surface area (Å²) in [5.74, 6) is 1.58. The van der Waals surface area contributed by atoms with E-state index in [0.29, 0.717) is 19.6 Å². The van der Waals surface area contributed by atoms with Crippen molar-refractivity contribution < 1.29 is 19.3 Å². The van der Waals surface area contributed by atoms with Gasteiger partial charge in [0.2, 0.25) is 0 Å². The van der Waals surface area contributed by atoms with Crippen LogP contribution in [0.1, 0.15) is 35.5 Å². The Labute approximate surface area is 166 Å². The molecule has 1 aliphatic heterocycles. The Hall–Kier alpha value is -0.823. The van der Waals surface area contributed by atoms with Crippen LogP contribution in [-0.4, -0.2) is 32.2 Å². The van der Waals surface area contributed by atoms with E-state index in [1.807, 2.05) is 6.92 Å². The van der Waals surface area contributed by atoms with E-state index < -0.39 is 14.4 Å². The number of aliphatic hydroxyl groups excluding tert-OH is 1. The van der Waals surface area contributed by atoms with Crippen LogP contribution in [0.3, 0.4) is 0 Å². The molecular formula is C20H31BrO4Si. The SMILES string of the molecule is COc1c(C)c2c(c(OCC[Si](C)(C)C)c1C/C=C(\C)CBr)C(O)OC2. The molecule has 4 nitrogen and oxygen atoms in total. The number of allylic oxidation sites excluding steroid dienone is 2. The van der Waals surface area contributed by atoms with E-state index in [1.165, 1.54) is 5.57 Å². The van der Waals surface area contributed by atoms with E-state index in [4.69, 9.17) is 14.2 Å². The van der Waals surface area contributed by atoms with Gasteiger partial charge in [-0.25, -0.2) is 0 Å². The van der Waals surface area contributed by atoms with E-state index in [2.05, 4.69) is 48.6 Å². The van der Waals surface area contributed by atoms with Gasteiger partial charge in [-0.1, -0.05) is 47.2 Å². The highest BCUT2D eigenvalue weighted by molar-refractivity contribution is 9.09. The largest absolute Gasteiger partial charge is 0.496 e. The second kappa shape index (κ2) is 8.91. The van der Waals surface area contributed by atoms with Crippen LogP contribution in [0.15, 0.2) is 11.6 Å². The van der Waals surface area contributed by atoms with Gasteiger partial charge in [0.1, 0.15) is 11.5 Å². The molecule has 0 amide bonds. The molecule has 1 atom stereocenters. The molecular weight excluding hydrogens is 412 g/mol. The second-order valence-corrected chi connectivity index (χ2v) is 14.3. The van der Waals surface area contributed by atoms with Crippen LogP contribution in [0.2, 0.25) is 25.7 Å². The molecule has 1 N–H and O–H groups in total. The summed E-state index contributed by atoms with van der Waals surface area (Å²) in [6.45, 7) is 12.1. The third-order valence-electron chi connectivity index (χ3n) is 4.71. The van der Waals surface area contributed by atoms with Crippen LogP contribution in [-0.2, 0) is 17.8 Å². The van der Waals surface area contributed by atoms with Gasteiger partial charge in [0, 0.05) is 19.0 Å². The van der Waals surface area contributed by atoms with E-state index in [1.54, 1.807) is 7.11 Å². The molecule has 6 heteroatoms. The van der Waals surface area contributed by atoms with Crippen molar-refractivity contribution in [2.24, 2.45) is 0 Å². The highest BCUT2D eigenvalue weighted by Crippen LogP contribution is 2.46. The van der Waals surface area contributed by atoms with E-state index in [0.717, 1.165) is 45.1 Å². The zero-order chi connectivity index (χ0) is 19.5. The van der Waals surface area contributed by atoms with Crippen LogP contribution in [0.25, 0.3) is 0 Å². The topological polar surface area (TPSA) is 47.9 Å². The van der Waals surface area contributed by atoms with Gasteiger partial charge in [0.25, 0.3) is 0 Å². The molecule has 1 aliphatic rings. The second-order valence-electron chi connectivity index (χ2n) is 8.07. The summed E-state index contributed by atoms with van der Waals surface area (Å²) in [5.41, 5.74) is 5.02. The molecule has 1 heterocycles. The van der Waals surface area contributed by atoms with Crippen molar-refractivity contribution in [3.8, 4) is 11.5 Å².